The van der Waals surface area contributed by atoms with Crippen molar-refractivity contribution >= 4 is 12.0 Å². The van der Waals surface area contributed by atoms with Crippen molar-refractivity contribution in [2.24, 2.45) is 0 Å². The Labute approximate surface area is 209 Å². The largest absolute Gasteiger partial charge is 0.494 e. The van der Waals surface area contributed by atoms with Gasteiger partial charge in [0.25, 0.3) is 0 Å². The van der Waals surface area contributed by atoms with Crippen molar-refractivity contribution in [1.29, 1.82) is 0 Å². The quantitative estimate of drug-likeness (QED) is 0.383. The minimum Gasteiger partial charge on any atom is -0.494 e. The Balaban J connectivity index is 1.42. The first-order valence-electron chi connectivity index (χ1n) is 12.7. The van der Waals surface area contributed by atoms with Crippen molar-refractivity contribution in [2.75, 3.05) is 40.9 Å². The molecule has 6 nitrogen and oxygen atoms in total. The Morgan fingerprint density at radius 3 is 2.54 bits per heavy atom. The molecule has 1 aliphatic heterocycles. The van der Waals surface area contributed by atoms with Gasteiger partial charge in [-0.2, -0.15) is 0 Å². The first kappa shape index (κ1) is 25.1. The summed E-state index contributed by atoms with van der Waals surface area (Å²) in [4.78, 5) is 14.8. The fraction of sp³-hybridized carbons (Fsp3) is 0.483. The lowest BCUT2D eigenvalue weighted by Gasteiger charge is -2.26. The summed E-state index contributed by atoms with van der Waals surface area (Å²) in [7, 11) is 5.80. The Morgan fingerprint density at radius 2 is 1.83 bits per heavy atom. The molecule has 1 amide bonds. The van der Waals surface area contributed by atoms with E-state index in [-0.39, 0.29) is 17.9 Å². The highest BCUT2D eigenvalue weighted by Gasteiger charge is 2.26. The average Bonchev–Trinajstić information content (AvgIpc) is 3.37. The van der Waals surface area contributed by atoms with Crippen LogP contribution in [0.1, 0.15) is 55.6 Å². The Morgan fingerprint density at radius 1 is 1.06 bits per heavy atom. The number of nitrogens with one attached hydrogen (secondary N) is 1. The molecule has 1 atom stereocenters. The molecule has 1 N–H and O–H groups in total. The predicted octanol–water partition coefficient (Wildman–Crippen LogP) is 5.03. The number of nitrogens with zero attached hydrogens (tertiary/aromatic N) is 1. The molecule has 2 aliphatic rings. The van der Waals surface area contributed by atoms with Gasteiger partial charge in [-0.25, -0.2) is 0 Å². The first-order valence-corrected chi connectivity index (χ1v) is 12.7. The lowest BCUT2D eigenvalue weighted by Crippen LogP contribution is -2.35. The lowest BCUT2D eigenvalue weighted by atomic mass is 9.87. The number of amides is 1. The molecule has 0 radical (unpaired) electrons. The molecule has 188 valence electrons. The summed E-state index contributed by atoms with van der Waals surface area (Å²) in [5, 5.41) is 3.07. The van der Waals surface area contributed by atoms with Crippen LogP contribution >= 0.6 is 0 Å². The van der Waals surface area contributed by atoms with Crippen molar-refractivity contribution in [3.8, 4) is 17.2 Å². The molecule has 1 heterocycles. The van der Waals surface area contributed by atoms with Crippen LogP contribution in [0.5, 0.6) is 17.2 Å². The maximum atomic E-state index is 12.6. The molecule has 0 spiro atoms. The fourth-order valence-electron chi connectivity index (χ4n) is 4.78. The van der Waals surface area contributed by atoms with Crippen molar-refractivity contribution in [3.05, 3.63) is 59.2 Å². The molecule has 1 aliphatic carbocycles. The van der Waals surface area contributed by atoms with Crippen LogP contribution in [0.15, 0.2) is 48.0 Å². The minimum atomic E-state index is 0.00111. The zero-order valence-electron chi connectivity index (χ0n) is 21.2. The number of hydrogen-bond acceptors (Lipinski definition) is 5. The highest BCUT2D eigenvalue weighted by Crippen LogP contribution is 2.36. The first-order chi connectivity index (χ1) is 17.0. The smallest absolute Gasteiger partial charge is 0.247 e. The van der Waals surface area contributed by atoms with Crippen LogP contribution in [0.25, 0.3) is 6.08 Å². The molecule has 2 aromatic rings. The lowest BCUT2D eigenvalue weighted by molar-refractivity contribution is -0.118. The van der Waals surface area contributed by atoms with Crippen LogP contribution in [-0.2, 0) is 4.79 Å². The van der Waals surface area contributed by atoms with Crippen LogP contribution in [0.3, 0.4) is 0 Å². The van der Waals surface area contributed by atoms with Gasteiger partial charge < -0.3 is 24.4 Å². The predicted molar refractivity (Wildman–Crippen MR) is 139 cm³/mol. The van der Waals surface area contributed by atoms with Gasteiger partial charge in [0.15, 0.2) is 11.5 Å². The van der Waals surface area contributed by atoms with Crippen LogP contribution in [-0.4, -0.2) is 57.8 Å². The summed E-state index contributed by atoms with van der Waals surface area (Å²) in [6, 6.07) is 14.1. The van der Waals surface area contributed by atoms with E-state index >= 15 is 0 Å². The van der Waals surface area contributed by atoms with Crippen molar-refractivity contribution in [2.45, 2.75) is 50.5 Å². The van der Waals surface area contributed by atoms with E-state index in [1.54, 1.807) is 7.11 Å². The molecule has 4 rings (SSSR count). The van der Waals surface area contributed by atoms with Gasteiger partial charge in [-0.3, -0.25) is 4.79 Å². The number of rotatable bonds is 10. The van der Waals surface area contributed by atoms with Gasteiger partial charge in [0.05, 0.1) is 19.8 Å². The normalized spacial score (nSPS) is 19.7. The van der Waals surface area contributed by atoms with E-state index < -0.39 is 0 Å². The van der Waals surface area contributed by atoms with Gasteiger partial charge in [0.1, 0.15) is 5.75 Å². The maximum Gasteiger partial charge on any atom is 0.247 e. The summed E-state index contributed by atoms with van der Waals surface area (Å²) < 4.78 is 17.7. The van der Waals surface area contributed by atoms with Crippen LogP contribution in [0.2, 0.25) is 0 Å². The number of piperidine rings is 1. The second-order valence-corrected chi connectivity index (χ2v) is 9.79. The Kier molecular flexibility index (Phi) is 8.69. The average molecular weight is 479 g/mol. The standard InChI is InChI=1S/C29H38N2O4/c1-31(2)15-6-16-34-25-12-9-21(10-13-25)17-23-18-24(20-30-29(23)32)22-11-14-27(33-3)28(19-22)35-26-7-4-5-8-26/h9-14,17,19,24,26H,4-8,15-16,18,20H2,1-3H3,(H,30,32)/t24-/m1/s1. The van der Waals surface area contributed by atoms with Crippen molar-refractivity contribution in [1.82, 2.24) is 10.2 Å². The van der Waals surface area contributed by atoms with Gasteiger partial charge in [0.2, 0.25) is 5.91 Å². The van der Waals surface area contributed by atoms with Gasteiger partial charge in [-0.1, -0.05) is 18.2 Å². The molecule has 2 fully saturated rings. The third-order valence-corrected chi connectivity index (χ3v) is 6.76. The molecule has 0 aromatic heterocycles. The highest BCUT2D eigenvalue weighted by atomic mass is 16.5. The molecule has 0 unspecified atom stereocenters. The maximum absolute atomic E-state index is 12.6. The summed E-state index contributed by atoms with van der Waals surface area (Å²) in [5.74, 6) is 2.61. The topological polar surface area (TPSA) is 60.0 Å². The SMILES string of the molecule is COc1ccc([C@H]2CNC(=O)C(=Cc3ccc(OCCCN(C)C)cc3)C2)cc1OC1CCCC1. The summed E-state index contributed by atoms with van der Waals surface area (Å²) in [5.41, 5.74) is 2.94. The second-order valence-electron chi connectivity index (χ2n) is 9.79. The van der Waals surface area contributed by atoms with Crippen molar-refractivity contribution in [3.63, 3.8) is 0 Å². The molecule has 35 heavy (non-hydrogen) atoms. The van der Waals surface area contributed by atoms with Crippen LogP contribution in [0, 0.1) is 0 Å². The number of ether oxygens (including phenoxy) is 3. The van der Waals surface area contributed by atoms with E-state index in [4.69, 9.17) is 14.2 Å². The Hall–Kier alpha value is -2.99. The van der Waals surface area contributed by atoms with E-state index in [0.717, 1.165) is 59.8 Å². The number of benzene rings is 2. The molecular weight excluding hydrogens is 440 g/mol. The molecule has 6 heteroatoms. The number of carbonyl (C=O) groups excluding carboxylic acids is 1. The summed E-state index contributed by atoms with van der Waals surface area (Å²) >= 11 is 0. The number of hydrogen-bond donors (Lipinski definition) is 1. The summed E-state index contributed by atoms with van der Waals surface area (Å²) in [6.45, 7) is 2.31. The molecule has 1 saturated carbocycles. The van der Waals surface area contributed by atoms with Crippen LogP contribution < -0.4 is 19.5 Å². The third-order valence-electron chi connectivity index (χ3n) is 6.76. The van der Waals surface area contributed by atoms with Gasteiger partial charge >= 0.3 is 0 Å². The minimum absolute atomic E-state index is 0.00111. The second kappa shape index (κ2) is 12.1. The van der Waals surface area contributed by atoms with E-state index in [1.165, 1.54) is 12.8 Å². The third kappa shape index (κ3) is 7.01. The molecule has 0 bridgehead atoms. The number of methoxy groups -OCH3 is 1. The van der Waals surface area contributed by atoms with E-state index in [9.17, 15) is 4.79 Å². The molecular formula is C29H38N2O4. The van der Waals surface area contributed by atoms with Gasteiger partial charge in [0, 0.05) is 24.6 Å². The zero-order chi connectivity index (χ0) is 24.6. The molecule has 2 aromatic carbocycles. The fourth-order valence-corrected chi connectivity index (χ4v) is 4.78. The van der Waals surface area contributed by atoms with E-state index in [0.29, 0.717) is 19.6 Å². The van der Waals surface area contributed by atoms with Crippen molar-refractivity contribution < 1.29 is 19.0 Å². The zero-order valence-corrected chi connectivity index (χ0v) is 21.2. The van der Waals surface area contributed by atoms with Gasteiger partial charge in [-0.15, -0.1) is 0 Å². The Bertz CT molecular complexity index is 1010. The van der Waals surface area contributed by atoms with Gasteiger partial charge in [-0.05, 0) is 94.1 Å². The van der Waals surface area contributed by atoms with Crippen LogP contribution in [0.4, 0.5) is 0 Å². The number of carbonyl (C=O) groups is 1. The van der Waals surface area contributed by atoms with E-state index in [1.807, 2.05) is 36.4 Å². The molecule has 1 saturated heterocycles. The highest BCUT2D eigenvalue weighted by molar-refractivity contribution is 5.98. The monoisotopic (exact) mass is 478 g/mol. The summed E-state index contributed by atoms with van der Waals surface area (Å²) in [6.07, 6.45) is 8.55. The van der Waals surface area contributed by atoms with E-state index in [2.05, 4.69) is 36.4 Å².